The van der Waals surface area contributed by atoms with E-state index in [-0.39, 0.29) is 5.02 Å². The van der Waals surface area contributed by atoms with Crippen molar-refractivity contribution in [2.45, 2.75) is 25.9 Å². The predicted molar refractivity (Wildman–Crippen MR) is 67.7 cm³/mol. The minimum atomic E-state index is -0.488. The summed E-state index contributed by atoms with van der Waals surface area (Å²) in [6.07, 6.45) is 1.89. The van der Waals surface area contributed by atoms with Crippen LogP contribution in [-0.4, -0.2) is 14.8 Å². The minimum absolute atomic E-state index is 0.0832. The number of aromatic nitrogens is 3. The van der Waals surface area contributed by atoms with Crippen LogP contribution in [0, 0.1) is 5.82 Å². The van der Waals surface area contributed by atoms with Gasteiger partial charge in [0.1, 0.15) is 18.0 Å². The van der Waals surface area contributed by atoms with Crippen molar-refractivity contribution >= 4 is 11.6 Å². The molecule has 4 nitrogen and oxygen atoms in total. The highest BCUT2D eigenvalue weighted by Crippen LogP contribution is 2.23. The van der Waals surface area contributed by atoms with Gasteiger partial charge in [-0.2, -0.15) is 5.10 Å². The summed E-state index contributed by atoms with van der Waals surface area (Å²) in [6.45, 7) is 2.67. The number of nitrogens with zero attached hydrogens (tertiary/aromatic N) is 3. The number of halogens is 2. The van der Waals surface area contributed by atoms with Crippen LogP contribution in [0.15, 0.2) is 24.5 Å². The third kappa shape index (κ3) is 2.52. The molecule has 1 unspecified atom stereocenters. The molecule has 1 atom stereocenters. The first-order valence-corrected chi connectivity index (χ1v) is 6.07. The summed E-state index contributed by atoms with van der Waals surface area (Å²) in [5.74, 6) is 0.276. The summed E-state index contributed by atoms with van der Waals surface area (Å²) >= 11 is 5.73. The molecule has 0 fully saturated rings. The third-order valence-electron chi connectivity index (χ3n) is 2.78. The lowest BCUT2D eigenvalue weighted by Gasteiger charge is -2.13. The minimum Gasteiger partial charge on any atom is -0.323 e. The second-order valence-corrected chi connectivity index (χ2v) is 4.35. The summed E-state index contributed by atoms with van der Waals surface area (Å²) < 4.78 is 15.5. The Morgan fingerprint density at radius 3 is 3.00 bits per heavy atom. The Morgan fingerprint density at radius 1 is 1.50 bits per heavy atom. The molecule has 2 N–H and O–H groups in total. The molecule has 1 heterocycles. The molecule has 0 amide bonds. The Labute approximate surface area is 110 Å². The third-order valence-corrected chi connectivity index (χ3v) is 3.07. The van der Waals surface area contributed by atoms with E-state index >= 15 is 0 Å². The van der Waals surface area contributed by atoms with E-state index < -0.39 is 11.9 Å². The van der Waals surface area contributed by atoms with Crippen LogP contribution in [0.2, 0.25) is 5.02 Å². The van der Waals surface area contributed by atoms with Gasteiger partial charge in [-0.05, 0) is 13.0 Å². The average Bonchev–Trinajstić information content (AvgIpc) is 2.79. The fourth-order valence-electron chi connectivity index (χ4n) is 1.82. The van der Waals surface area contributed by atoms with Gasteiger partial charge in [-0.25, -0.2) is 9.37 Å². The Hall–Kier alpha value is -1.46. The van der Waals surface area contributed by atoms with Gasteiger partial charge in [-0.15, -0.1) is 0 Å². The van der Waals surface area contributed by atoms with Gasteiger partial charge in [0.25, 0.3) is 0 Å². The summed E-state index contributed by atoms with van der Waals surface area (Å²) in [5, 5.41) is 4.13. The van der Waals surface area contributed by atoms with Crippen molar-refractivity contribution in [1.29, 1.82) is 0 Å². The zero-order chi connectivity index (χ0) is 13.1. The molecule has 1 aromatic carbocycles. The molecule has 1 aromatic heterocycles. The van der Waals surface area contributed by atoms with Crippen LogP contribution in [-0.2, 0) is 13.0 Å². The molecule has 18 heavy (non-hydrogen) atoms. The molecule has 2 rings (SSSR count). The van der Waals surface area contributed by atoms with Gasteiger partial charge in [-0.1, -0.05) is 23.7 Å². The predicted octanol–water partition coefficient (Wildman–Crippen LogP) is 2.33. The number of rotatable bonds is 4. The summed E-state index contributed by atoms with van der Waals surface area (Å²) in [4.78, 5) is 4.12. The fraction of sp³-hybridized carbons (Fsp3) is 0.333. The van der Waals surface area contributed by atoms with Gasteiger partial charge in [0.15, 0.2) is 0 Å². The van der Waals surface area contributed by atoms with Crippen LogP contribution >= 0.6 is 11.6 Å². The van der Waals surface area contributed by atoms with E-state index in [0.29, 0.717) is 18.5 Å². The van der Waals surface area contributed by atoms with E-state index in [4.69, 9.17) is 17.3 Å². The Bertz CT molecular complexity index is 541. The quantitative estimate of drug-likeness (QED) is 0.926. The van der Waals surface area contributed by atoms with Crippen LogP contribution in [0.25, 0.3) is 0 Å². The number of hydrogen-bond acceptors (Lipinski definition) is 3. The van der Waals surface area contributed by atoms with Crippen LogP contribution < -0.4 is 5.73 Å². The number of aryl methyl sites for hydroxylation is 1. The fourth-order valence-corrected chi connectivity index (χ4v) is 2.01. The topological polar surface area (TPSA) is 56.7 Å². The van der Waals surface area contributed by atoms with Gasteiger partial charge in [-0.3, -0.25) is 4.68 Å². The Kier molecular flexibility index (Phi) is 3.93. The van der Waals surface area contributed by atoms with Crippen LogP contribution in [0.5, 0.6) is 0 Å². The molecule has 6 heteroatoms. The largest absolute Gasteiger partial charge is 0.323 e. The van der Waals surface area contributed by atoms with E-state index in [1.807, 2.05) is 6.92 Å². The van der Waals surface area contributed by atoms with E-state index in [0.717, 1.165) is 5.82 Å². The lowest BCUT2D eigenvalue weighted by molar-refractivity contribution is 0.550. The molecule has 0 saturated carbocycles. The molecular formula is C12H14ClFN4. The van der Waals surface area contributed by atoms with Gasteiger partial charge in [0.2, 0.25) is 0 Å². The van der Waals surface area contributed by atoms with Crippen LogP contribution in [0.3, 0.4) is 0 Å². The van der Waals surface area contributed by atoms with Gasteiger partial charge in [0, 0.05) is 24.6 Å². The van der Waals surface area contributed by atoms with Crippen molar-refractivity contribution in [3.63, 3.8) is 0 Å². The highest BCUT2D eigenvalue weighted by Gasteiger charge is 2.16. The molecule has 0 bridgehead atoms. The van der Waals surface area contributed by atoms with Gasteiger partial charge >= 0.3 is 0 Å². The van der Waals surface area contributed by atoms with Crippen molar-refractivity contribution < 1.29 is 4.39 Å². The maximum absolute atomic E-state index is 13.8. The first kappa shape index (κ1) is 13.0. The molecule has 96 valence electrons. The number of nitrogens with two attached hydrogens (primary N) is 1. The molecule has 0 radical (unpaired) electrons. The SMILES string of the molecule is CCn1ncnc1CC(N)c1cccc(Cl)c1F. The normalized spacial score (nSPS) is 12.7. The Balaban J connectivity index is 2.22. The molecule has 0 saturated heterocycles. The molecule has 0 aliphatic rings. The average molecular weight is 269 g/mol. The van der Waals surface area contributed by atoms with E-state index in [1.54, 1.807) is 16.8 Å². The first-order valence-electron chi connectivity index (χ1n) is 5.69. The van der Waals surface area contributed by atoms with Crippen molar-refractivity contribution in [3.05, 3.63) is 46.8 Å². The lowest BCUT2D eigenvalue weighted by Crippen LogP contribution is -2.18. The molecule has 2 aromatic rings. The monoisotopic (exact) mass is 268 g/mol. The highest BCUT2D eigenvalue weighted by atomic mass is 35.5. The molecule has 0 aliphatic carbocycles. The maximum atomic E-state index is 13.8. The maximum Gasteiger partial charge on any atom is 0.146 e. The molecule has 0 aliphatic heterocycles. The zero-order valence-electron chi connectivity index (χ0n) is 9.98. The van der Waals surface area contributed by atoms with E-state index in [2.05, 4.69) is 10.1 Å². The van der Waals surface area contributed by atoms with E-state index in [1.165, 1.54) is 12.4 Å². The smallest absolute Gasteiger partial charge is 0.146 e. The van der Waals surface area contributed by atoms with Crippen molar-refractivity contribution in [2.24, 2.45) is 5.73 Å². The van der Waals surface area contributed by atoms with Crippen LogP contribution in [0.1, 0.15) is 24.4 Å². The Morgan fingerprint density at radius 2 is 2.28 bits per heavy atom. The van der Waals surface area contributed by atoms with Gasteiger partial charge < -0.3 is 5.73 Å². The standard InChI is InChI=1S/C12H14ClFN4/c1-2-18-11(16-7-17-18)6-10(15)8-4-3-5-9(13)12(8)14/h3-5,7,10H,2,6,15H2,1H3. The summed E-state index contributed by atoms with van der Waals surface area (Å²) in [5.41, 5.74) is 6.40. The summed E-state index contributed by atoms with van der Waals surface area (Å²) in [7, 11) is 0. The van der Waals surface area contributed by atoms with Crippen LogP contribution in [0.4, 0.5) is 4.39 Å². The molecular weight excluding hydrogens is 255 g/mol. The second-order valence-electron chi connectivity index (χ2n) is 3.95. The van der Waals surface area contributed by atoms with Crippen molar-refractivity contribution in [1.82, 2.24) is 14.8 Å². The van der Waals surface area contributed by atoms with E-state index in [9.17, 15) is 4.39 Å². The van der Waals surface area contributed by atoms with Crippen molar-refractivity contribution in [2.75, 3.05) is 0 Å². The highest BCUT2D eigenvalue weighted by molar-refractivity contribution is 6.30. The van der Waals surface area contributed by atoms with Gasteiger partial charge in [0.05, 0.1) is 5.02 Å². The number of hydrogen-bond donors (Lipinski definition) is 1. The lowest BCUT2D eigenvalue weighted by atomic mass is 10.0. The zero-order valence-corrected chi connectivity index (χ0v) is 10.7. The second kappa shape index (κ2) is 5.46. The van der Waals surface area contributed by atoms with Crippen molar-refractivity contribution in [3.8, 4) is 0 Å². The molecule has 0 spiro atoms. The first-order chi connectivity index (χ1) is 8.63. The summed E-state index contributed by atoms with van der Waals surface area (Å²) in [6, 6.07) is 4.34. The number of benzene rings is 1.